The Balaban J connectivity index is 0.000000810. The van der Waals surface area contributed by atoms with Crippen LogP contribution in [0.5, 0.6) is 0 Å². The Morgan fingerprint density at radius 2 is 0.359 bits per heavy atom. The molecule has 1 N–H and O–H groups in total. The van der Waals surface area contributed by atoms with Crippen LogP contribution in [0.4, 0.5) is 129 Å². The zero-order valence-corrected chi connectivity index (χ0v) is 37.0. The highest BCUT2D eigenvalue weighted by Crippen LogP contribution is 2.42. The fourth-order valence-electron chi connectivity index (χ4n) is 9.36. The molecule has 9 rings (SSSR count). The third-order valence-electron chi connectivity index (χ3n) is 12.6. The third kappa shape index (κ3) is 7.36. The van der Waals surface area contributed by atoms with Crippen molar-refractivity contribution in [2.24, 2.45) is 0 Å². The SMILES string of the molecule is C[NH+](C)c1ccccc1.Fc1c(F)c(F)c2c([B-](c3c(F)c(F)c(F)c4c(F)c(F)c(F)c(F)c34)(c3c(F)c(F)c(F)c4c(F)c(F)c(F)c(F)c34)c3c(F)c(F)c(F)c4c(F)c(F)c(F)c(F)c34)c(F)c(F)c(F)c2c1F. The minimum atomic E-state index is -8.05. The van der Waals surface area contributed by atoms with Crippen molar-refractivity contribution in [3.05, 3.63) is 193 Å². The molecule has 9 aromatic carbocycles. The lowest BCUT2D eigenvalue weighted by atomic mass is 9.11. The number of hydrogen-bond donors (Lipinski definition) is 1. The molecule has 0 amide bonds. The van der Waals surface area contributed by atoms with E-state index in [-0.39, 0.29) is 0 Å². The highest BCUT2D eigenvalue weighted by Gasteiger charge is 2.52. The zero-order valence-electron chi connectivity index (χ0n) is 37.0. The molecular formula is C48H12BF28N. The Morgan fingerprint density at radius 3 is 0.513 bits per heavy atom. The van der Waals surface area contributed by atoms with E-state index < -0.39 is 234 Å². The first-order valence-electron chi connectivity index (χ1n) is 20.6. The van der Waals surface area contributed by atoms with Gasteiger partial charge in [-0.05, 0) is 33.7 Å². The normalized spacial score (nSPS) is 12.1. The molecule has 0 atom stereocenters. The van der Waals surface area contributed by atoms with E-state index in [1.807, 2.05) is 6.07 Å². The molecule has 78 heavy (non-hydrogen) atoms. The van der Waals surface area contributed by atoms with Crippen molar-refractivity contribution in [1.29, 1.82) is 0 Å². The summed E-state index contributed by atoms with van der Waals surface area (Å²) in [6.07, 6.45) is -8.05. The summed E-state index contributed by atoms with van der Waals surface area (Å²) in [5, 5.41) is -27.0. The quantitative estimate of drug-likeness (QED) is 0.0758. The van der Waals surface area contributed by atoms with Crippen LogP contribution in [0.2, 0.25) is 0 Å². The van der Waals surface area contributed by atoms with Crippen LogP contribution in [-0.2, 0) is 0 Å². The molecule has 408 valence electrons. The van der Waals surface area contributed by atoms with Gasteiger partial charge < -0.3 is 4.90 Å². The Hall–Kier alpha value is -7.92. The lowest BCUT2D eigenvalue weighted by Gasteiger charge is -2.47. The maximum Gasteiger partial charge on any atom is 0.198 e. The zero-order chi connectivity index (χ0) is 58.3. The fourth-order valence-corrected chi connectivity index (χ4v) is 9.36. The van der Waals surface area contributed by atoms with Gasteiger partial charge in [-0.3, -0.25) is 0 Å². The summed E-state index contributed by atoms with van der Waals surface area (Å²) in [5.74, 6) is -104. The molecule has 0 saturated heterocycles. The van der Waals surface area contributed by atoms with Crippen LogP contribution >= 0.6 is 0 Å². The monoisotopic (exact) mass is 1150 g/mol. The van der Waals surface area contributed by atoms with Gasteiger partial charge in [0.25, 0.3) is 0 Å². The molecule has 0 aliphatic rings. The molecule has 0 heterocycles. The highest BCUT2D eigenvalue weighted by molar-refractivity contribution is 7.23. The molecule has 0 radical (unpaired) electrons. The van der Waals surface area contributed by atoms with Crippen LogP contribution in [-0.4, -0.2) is 20.2 Å². The van der Waals surface area contributed by atoms with Crippen molar-refractivity contribution in [2.45, 2.75) is 0 Å². The standard InChI is InChI=1S/C40BF28.C8H11N/c42-13-1-5(21(50)37(66)33(13)62)17(46)29(58)25(54)9(1)41(10-2-6(18(47)30(59)26(10)55)22(51)38(67)34(63)14(2)43,11-3-7(19(48)31(60)27(11)56)23(52)39(68)35(64)15(3)44)12-4-8(20(49)32(61)28(12)57)24(53)40(69)36(65)16(4)45;1-9(2)8-6-4-3-5-7-8/h;3-7H,1-2H3/q-1;/p+1. The van der Waals surface area contributed by atoms with Crippen LogP contribution < -0.4 is 26.8 Å². The molecule has 0 aliphatic heterocycles. The van der Waals surface area contributed by atoms with Crippen LogP contribution in [0.25, 0.3) is 43.1 Å². The number of rotatable bonds is 5. The maximum absolute atomic E-state index is 17.3. The van der Waals surface area contributed by atoms with Gasteiger partial charge in [-0.15, -0.1) is 21.9 Å². The Kier molecular flexibility index (Phi) is 13.9. The molecule has 9 aromatic rings. The first-order chi connectivity index (χ1) is 36.3. The number of para-hydroxylation sites is 1. The second kappa shape index (κ2) is 19.2. The molecule has 1 nitrogen and oxygen atoms in total. The summed E-state index contributed by atoms with van der Waals surface area (Å²) in [6, 6.07) is 10.4. The van der Waals surface area contributed by atoms with E-state index in [0.29, 0.717) is 0 Å². The molecule has 30 heteroatoms. The van der Waals surface area contributed by atoms with Crippen molar-refractivity contribution in [3.63, 3.8) is 0 Å². The summed E-state index contributed by atoms with van der Waals surface area (Å²) in [7, 11) is 4.24. The van der Waals surface area contributed by atoms with Gasteiger partial charge >= 0.3 is 0 Å². The fraction of sp³-hybridized carbons (Fsp3) is 0.0417. The van der Waals surface area contributed by atoms with Gasteiger partial charge in [0.2, 0.25) is 0 Å². The lowest BCUT2D eigenvalue weighted by molar-refractivity contribution is -0.786. The number of benzene rings is 9. The molecule has 0 fully saturated rings. The minimum absolute atomic E-state index is 1.33. The summed E-state index contributed by atoms with van der Waals surface area (Å²) < 4.78 is 446. The summed E-state index contributed by atoms with van der Waals surface area (Å²) >= 11 is 0. The number of halogens is 28. The van der Waals surface area contributed by atoms with E-state index >= 15 is 105 Å². The van der Waals surface area contributed by atoms with Gasteiger partial charge in [-0.2, -0.15) is 0 Å². The summed E-state index contributed by atoms with van der Waals surface area (Å²) in [5.41, 5.74) is -14.2. The van der Waals surface area contributed by atoms with Gasteiger partial charge in [0, 0.05) is 0 Å². The topological polar surface area (TPSA) is 4.44 Å². The smallest absolute Gasteiger partial charge is 0.198 e. The second-order valence-corrected chi connectivity index (χ2v) is 16.7. The Labute approximate surface area is 411 Å². The van der Waals surface area contributed by atoms with Crippen LogP contribution in [0.1, 0.15) is 0 Å². The number of fused-ring (bicyclic) bond motifs is 4. The molecule has 0 aliphatic carbocycles. The third-order valence-corrected chi connectivity index (χ3v) is 12.6. The first-order valence-corrected chi connectivity index (χ1v) is 20.6. The van der Waals surface area contributed by atoms with Gasteiger partial charge in [0.05, 0.1) is 35.6 Å². The molecular weight excluding hydrogens is 1130 g/mol. The summed E-state index contributed by atoms with van der Waals surface area (Å²) in [4.78, 5) is 1.37. The van der Waals surface area contributed by atoms with E-state index in [0.717, 1.165) is 0 Å². The van der Waals surface area contributed by atoms with Crippen molar-refractivity contribution in [2.75, 3.05) is 14.1 Å². The van der Waals surface area contributed by atoms with Crippen molar-refractivity contribution in [3.8, 4) is 0 Å². The van der Waals surface area contributed by atoms with E-state index in [9.17, 15) is 17.6 Å². The van der Waals surface area contributed by atoms with Gasteiger partial charge in [-0.1, -0.05) is 18.2 Å². The predicted molar refractivity (Wildman–Crippen MR) is 218 cm³/mol. The van der Waals surface area contributed by atoms with E-state index in [1.165, 1.54) is 10.6 Å². The largest absolute Gasteiger partial charge is 0.307 e. The minimum Gasteiger partial charge on any atom is -0.307 e. The number of quaternary nitrogens is 1. The molecule has 0 unspecified atom stereocenters. The Bertz CT molecular complexity index is 3640. The van der Waals surface area contributed by atoms with Crippen molar-refractivity contribution < 1.29 is 128 Å². The summed E-state index contributed by atoms with van der Waals surface area (Å²) in [6.45, 7) is 0. The highest BCUT2D eigenvalue weighted by atomic mass is 19.2. The molecule has 0 spiro atoms. The van der Waals surface area contributed by atoms with E-state index in [2.05, 4.69) is 38.4 Å². The first kappa shape index (κ1) is 56.3. The van der Waals surface area contributed by atoms with Crippen molar-refractivity contribution in [1.82, 2.24) is 0 Å². The number of nitrogens with one attached hydrogen (secondary N) is 1. The maximum atomic E-state index is 17.3. The van der Waals surface area contributed by atoms with Crippen LogP contribution in [0.15, 0.2) is 30.3 Å². The Morgan fingerprint density at radius 1 is 0.205 bits per heavy atom. The van der Waals surface area contributed by atoms with Gasteiger partial charge in [0.15, 0.2) is 140 Å². The van der Waals surface area contributed by atoms with Crippen LogP contribution in [0.3, 0.4) is 0 Å². The second-order valence-electron chi connectivity index (χ2n) is 16.7. The molecule has 0 saturated carbocycles. The average Bonchev–Trinajstić information content (AvgIpc) is 3.45. The van der Waals surface area contributed by atoms with Gasteiger partial charge in [0.1, 0.15) is 35.1 Å². The number of hydrogen-bond acceptors (Lipinski definition) is 0. The van der Waals surface area contributed by atoms with Gasteiger partial charge in [-0.25, -0.2) is 123 Å². The van der Waals surface area contributed by atoms with E-state index in [1.54, 1.807) is 0 Å². The molecule has 0 aromatic heterocycles. The van der Waals surface area contributed by atoms with E-state index in [4.69, 9.17) is 0 Å². The van der Waals surface area contributed by atoms with Crippen LogP contribution in [0, 0.1) is 163 Å². The predicted octanol–water partition coefficient (Wildman–Crippen LogP) is 12.0. The van der Waals surface area contributed by atoms with Crippen molar-refractivity contribution >= 4 is 76.8 Å². The average molecular weight is 1150 g/mol. The molecule has 0 bridgehead atoms. The lowest BCUT2D eigenvalue weighted by Crippen LogP contribution is -3.00.